The molecule has 7 heteroatoms. The molecule has 1 aliphatic heterocycles. The van der Waals surface area contributed by atoms with Gasteiger partial charge in [-0.2, -0.15) is 9.78 Å². The van der Waals surface area contributed by atoms with Gasteiger partial charge in [0.1, 0.15) is 5.82 Å². The van der Waals surface area contributed by atoms with Crippen LogP contribution in [0.1, 0.15) is 46.1 Å². The van der Waals surface area contributed by atoms with Gasteiger partial charge in [-0.25, -0.2) is 9.97 Å². The number of amides is 1. The third kappa shape index (κ3) is 4.02. The quantitative estimate of drug-likeness (QED) is 0.416. The summed E-state index contributed by atoms with van der Waals surface area (Å²) in [4.78, 5) is 24.6. The number of hydrogen-bond acceptors (Lipinski definition) is 4. The second-order valence-electron chi connectivity index (χ2n) is 8.46. The molecule has 33 heavy (non-hydrogen) atoms. The van der Waals surface area contributed by atoms with Crippen molar-refractivity contribution in [3.63, 3.8) is 0 Å². The highest BCUT2D eigenvalue weighted by Crippen LogP contribution is 2.43. The molecule has 0 saturated carbocycles. The van der Waals surface area contributed by atoms with Crippen molar-refractivity contribution in [3.05, 3.63) is 99.5 Å². The number of carbonyl (C=O) groups excluding carboxylic acids is 1. The first-order chi connectivity index (χ1) is 15.9. The van der Waals surface area contributed by atoms with E-state index in [0.29, 0.717) is 23.9 Å². The normalized spacial score (nSPS) is 15.6. The Labute approximate surface area is 197 Å². The third-order valence-electron chi connectivity index (χ3n) is 5.96. The number of hydrogen-bond donors (Lipinski definition) is 0. The lowest BCUT2D eigenvalue weighted by Gasteiger charge is -2.33. The Balaban J connectivity index is 1.71. The molecule has 1 amide bonds. The van der Waals surface area contributed by atoms with E-state index in [0.717, 1.165) is 39.6 Å². The maximum absolute atomic E-state index is 13.6. The number of halogens is 1. The predicted octanol–water partition coefficient (Wildman–Crippen LogP) is 5.31. The number of carbonyl (C=O) groups is 1. The molecule has 0 bridgehead atoms. The van der Waals surface area contributed by atoms with Gasteiger partial charge < -0.3 is 0 Å². The number of nitrogens with zero attached hydrogens (tertiary/aromatic N) is 5. The number of anilines is 1. The lowest BCUT2D eigenvalue weighted by atomic mass is 9.85. The molecule has 3 heterocycles. The number of aromatic nitrogens is 4. The van der Waals surface area contributed by atoms with Gasteiger partial charge in [0.05, 0.1) is 12.2 Å². The average Bonchev–Trinajstić information content (AvgIpc) is 3.13. The minimum atomic E-state index is -0.0797. The predicted molar refractivity (Wildman–Crippen MR) is 129 cm³/mol. The van der Waals surface area contributed by atoms with Crippen LogP contribution in [0.2, 0.25) is 5.02 Å². The molecule has 4 aromatic rings. The minimum Gasteiger partial charge on any atom is -0.292 e. The first kappa shape index (κ1) is 21.3. The number of fused-ring (bicyclic) bond motifs is 1. The summed E-state index contributed by atoms with van der Waals surface area (Å²) in [6.45, 7) is 6.25. The molecule has 2 aromatic carbocycles. The largest absolute Gasteiger partial charge is 0.292 e. The van der Waals surface area contributed by atoms with Crippen LogP contribution < -0.4 is 4.90 Å². The van der Waals surface area contributed by atoms with Crippen molar-refractivity contribution in [2.45, 2.75) is 39.7 Å². The third-order valence-corrected chi connectivity index (χ3v) is 6.19. The number of aryl methyl sites for hydroxylation is 3. The van der Waals surface area contributed by atoms with Gasteiger partial charge in [0.15, 0.2) is 0 Å². The summed E-state index contributed by atoms with van der Waals surface area (Å²) in [7, 11) is 0. The molecule has 0 N–H and O–H groups in total. The highest BCUT2D eigenvalue weighted by molar-refractivity contribution is 6.30. The van der Waals surface area contributed by atoms with Crippen molar-refractivity contribution in [1.29, 1.82) is 0 Å². The Morgan fingerprint density at radius 3 is 2.39 bits per heavy atom. The van der Waals surface area contributed by atoms with E-state index in [1.807, 2.05) is 69.3 Å². The Kier molecular flexibility index (Phi) is 5.46. The smallest absolute Gasteiger partial charge is 0.252 e. The lowest BCUT2D eigenvalue weighted by Crippen LogP contribution is -2.38. The second kappa shape index (κ2) is 8.45. The van der Waals surface area contributed by atoms with Crippen LogP contribution >= 0.6 is 11.6 Å². The van der Waals surface area contributed by atoms with Crippen molar-refractivity contribution in [2.75, 3.05) is 4.90 Å². The van der Waals surface area contributed by atoms with E-state index in [1.54, 1.807) is 9.58 Å². The second-order valence-corrected chi connectivity index (χ2v) is 8.90. The zero-order chi connectivity index (χ0) is 23.1. The summed E-state index contributed by atoms with van der Waals surface area (Å²) in [6, 6.07) is 19.6. The first-order valence-electron chi connectivity index (χ1n) is 10.9. The van der Waals surface area contributed by atoms with Crippen LogP contribution in [0.25, 0.3) is 5.95 Å². The molecule has 166 valence electrons. The van der Waals surface area contributed by atoms with E-state index >= 15 is 0 Å². The zero-order valence-electron chi connectivity index (χ0n) is 18.8. The van der Waals surface area contributed by atoms with Crippen LogP contribution in [0.5, 0.6) is 0 Å². The van der Waals surface area contributed by atoms with E-state index in [2.05, 4.69) is 22.1 Å². The molecule has 0 saturated heterocycles. The highest BCUT2D eigenvalue weighted by Gasteiger charge is 2.38. The molecule has 1 atom stereocenters. The fourth-order valence-electron chi connectivity index (χ4n) is 4.59. The zero-order valence-corrected chi connectivity index (χ0v) is 19.5. The monoisotopic (exact) mass is 457 g/mol. The Bertz CT molecular complexity index is 1330. The van der Waals surface area contributed by atoms with Gasteiger partial charge in [-0.05, 0) is 50.1 Å². The summed E-state index contributed by atoms with van der Waals surface area (Å²) in [5.74, 6) is 1.14. The van der Waals surface area contributed by atoms with Gasteiger partial charge in [-0.3, -0.25) is 9.69 Å². The molecule has 1 aliphatic rings. The van der Waals surface area contributed by atoms with E-state index in [4.69, 9.17) is 16.7 Å². The van der Waals surface area contributed by atoms with E-state index < -0.39 is 0 Å². The van der Waals surface area contributed by atoms with Crippen molar-refractivity contribution in [3.8, 4) is 5.95 Å². The molecular weight excluding hydrogens is 434 g/mol. The summed E-state index contributed by atoms with van der Waals surface area (Å²) in [5, 5.41) is 5.48. The van der Waals surface area contributed by atoms with E-state index in [9.17, 15) is 4.79 Å². The summed E-state index contributed by atoms with van der Waals surface area (Å²) in [5.41, 5.74) is 5.64. The van der Waals surface area contributed by atoms with Crippen LogP contribution in [-0.4, -0.2) is 25.7 Å². The fourth-order valence-corrected chi connectivity index (χ4v) is 4.81. The van der Waals surface area contributed by atoms with Crippen LogP contribution in [0.15, 0.2) is 60.7 Å². The van der Waals surface area contributed by atoms with Crippen LogP contribution in [0.4, 0.5) is 5.82 Å². The fraction of sp³-hybridized carbons (Fsp3) is 0.231. The molecule has 6 nitrogen and oxygen atoms in total. The van der Waals surface area contributed by atoms with Gasteiger partial charge in [0.25, 0.3) is 5.95 Å². The molecule has 0 aliphatic carbocycles. The summed E-state index contributed by atoms with van der Waals surface area (Å²) in [6.07, 6.45) is 0.373. The summed E-state index contributed by atoms with van der Waals surface area (Å²) < 4.78 is 1.72. The molecule has 0 fully saturated rings. The molecule has 5 rings (SSSR count). The minimum absolute atomic E-state index is 0.0295. The van der Waals surface area contributed by atoms with Crippen molar-refractivity contribution >= 4 is 23.3 Å². The van der Waals surface area contributed by atoms with Crippen molar-refractivity contribution in [1.82, 2.24) is 19.7 Å². The van der Waals surface area contributed by atoms with Gasteiger partial charge in [-0.1, -0.05) is 54.1 Å². The number of rotatable bonds is 4. The van der Waals surface area contributed by atoms with Crippen molar-refractivity contribution in [2.24, 2.45) is 0 Å². The van der Waals surface area contributed by atoms with Crippen LogP contribution in [0.3, 0.4) is 0 Å². The molecule has 0 spiro atoms. The number of benzene rings is 2. The summed E-state index contributed by atoms with van der Waals surface area (Å²) >= 11 is 6.23. The maximum atomic E-state index is 13.6. The molecule has 2 aromatic heterocycles. The standard InChI is InChI=1S/C26H24ClN5O/c1-16-12-17(2)29-26(28-16)32-25-24(18(3)30-32)22(20-9-5-4-6-10-20)14-23(33)31(25)15-19-8-7-11-21(27)13-19/h4-13,22H,14-15H2,1-3H3/t22-/m0/s1. The van der Waals surface area contributed by atoms with Crippen LogP contribution in [0, 0.1) is 20.8 Å². The Morgan fingerprint density at radius 1 is 0.970 bits per heavy atom. The van der Waals surface area contributed by atoms with E-state index in [-0.39, 0.29) is 11.8 Å². The first-order valence-corrected chi connectivity index (χ1v) is 11.3. The Hall–Kier alpha value is -3.51. The Morgan fingerprint density at radius 2 is 1.70 bits per heavy atom. The highest BCUT2D eigenvalue weighted by atomic mass is 35.5. The SMILES string of the molecule is Cc1cc(C)nc(-n2nc(C)c3c2N(Cc2cccc(Cl)c2)C(=O)C[C@H]3c2ccccc2)n1. The van der Waals surface area contributed by atoms with Crippen molar-refractivity contribution < 1.29 is 4.79 Å². The van der Waals surface area contributed by atoms with Gasteiger partial charge in [0, 0.05) is 34.3 Å². The molecule has 0 unspecified atom stereocenters. The maximum Gasteiger partial charge on any atom is 0.252 e. The molecular formula is C26H24ClN5O. The van der Waals surface area contributed by atoms with Crippen LogP contribution in [-0.2, 0) is 11.3 Å². The van der Waals surface area contributed by atoms with E-state index in [1.165, 1.54) is 0 Å². The van der Waals surface area contributed by atoms with Gasteiger partial charge in [0.2, 0.25) is 5.91 Å². The topological polar surface area (TPSA) is 63.9 Å². The molecule has 0 radical (unpaired) electrons. The van der Waals surface area contributed by atoms with Gasteiger partial charge >= 0.3 is 0 Å². The van der Waals surface area contributed by atoms with Gasteiger partial charge in [-0.15, -0.1) is 0 Å². The lowest BCUT2D eigenvalue weighted by molar-refractivity contribution is -0.119. The average molecular weight is 458 g/mol.